The van der Waals surface area contributed by atoms with Gasteiger partial charge in [0, 0.05) is 43.9 Å². The van der Waals surface area contributed by atoms with Crippen molar-refractivity contribution in [2.24, 2.45) is 0 Å². The van der Waals surface area contributed by atoms with E-state index in [0.717, 1.165) is 61.0 Å². The molecule has 2 heterocycles. The Morgan fingerprint density at radius 1 is 0.387 bits per heavy atom. The van der Waals surface area contributed by atoms with Crippen molar-refractivity contribution in [3.05, 3.63) is 253 Å². The van der Waals surface area contributed by atoms with Crippen LogP contribution in [0.3, 0.4) is 0 Å². The monoisotopic (exact) mass is 790 g/mol. The van der Waals surface area contributed by atoms with Gasteiger partial charge in [0.2, 0.25) is 0 Å². The van der Waals surface area contributed by atoms with Gasteiger partial charge in [-0.25, -0.2) is 0 Å². The molecule has 10 aromatic carbocycles. The van der Waals surface area contributed by atoms with E-state index < -0.39 is 5.41 Å². The molecule has 0 unspecified atom stereocenters. The fraction of sp³-hybridized carbons (Fsp3) is 0.0169. The third-order valence-electron chi connectivity index (χ3n) is 13.2. The zero-order valence-corrected chi connectivity index (χ0v) is 33.7. The summed E-state index contributed by atoms with van der Waals surface area (Å²) in [4.78, 5) is 2.46. The lowest BCUT2D eigenvalue weighted by Crippen LogP contribution is -2.28. The number of nitrogens with zero attached hydrogens (tertiary/aromatic N) is 2. The minimum Gasteiger partial charge on any atom is -0.453 e. The summed E-state index contributed by atoms with van der Waals surface area (Å²) in [5.74, 6) is 0. The second kappa shape index (κ2) is 13.4. The predicted molar refractivity (Wildman–Crippen MR) is 258 cm³/mol. The molecule has 0 radical (unpaired) electrons. The van der Waals surface area contributed by atoms with Crippen molar-refractivity contribution in [2.75, 3.05) is 4.90 Å². The number of hydrogen-bond donors (Lipinski definition) is 0. The van der Waals surface area contributed by atoms with Crippen LogP contribution in [0.25, 0.3) is 71.3 Å². The van der Waals surface area contributed by atoms with Crippen molar-refractivity contribution in [3.8, 4) is 16.8 Å². The van der Waals surface area contributed by atoms with Gasteiger partial charge in [0.15, 0.2) is 5.58 Å². The van der Waals surface area contributed by atoms with E-state index in [1.807, 2.05) is 0 Å². The molecule has 1 aliphatic carbocycles. The summed E-state index contributed by atoms with van der Waals surface area (Å²) in [7, 11) is 0. The van der Waals surface area contributed by atoms with Gasteiger partial charge >= 0.3 is 0 Å². The van der Waals surface area contributed by atoms with Crippen LogP contribution in [-0.2, 0) is 5.41 Å². The van der Waals surface area contributed by atoms with E-state index in [1.165, 1.54) is 49.7 Å². The van der Waals surface area contributed by atoms with Crippen LogP contribution in [0.4, 0.5) is 17.1 Å². The zero-order valence-electron chi connectivity index (χ0n) is 33.7. The van der Waals surface area contributed by atoms with Gasteiger partial charge in [-0.1, -0.05) is 182 Å². The summed E-state index contributed by atoms with van der Waals surface area (Å²) < 4.78 is 9.57. The molecule has 3 heteroatoms. The van der Waals surface area contributed by atoms with Gasteiger partial charge < -0.3 is 13.9 Å². The number of rotatable bonds is 6. The molecule has 0 saturated heterocycles. The fourth-order valence-electron chi connectivity index (χ4n) is 10.7. The lowest BCUT2D eigenvalue weighted by molar-refractivity contribution is 0.673. The first-order valence-corrected chi connectivity index (χ1v) is 21.4. The van der Waals surface area contributed by atoms with Crippen molar-refractivity contribution >= 4 is 71.6 Å². The highest BCUT2D eigenvalue weighted by molar-refractivity contribution is 6.18. The maximum Gasteiger partial charge on any atom is 0.159 e. The van der Waals surface area contributed by atoms with Gasteiger partial charge in [0.25, 0.3) is 0 Å². The van der Waals surface area contributed by atoms with Crippen molar-refractivity contribution in [2.45, 2.75) is 5.41 Å². The number of benzene rings is 10. The Bertz CT molecular complexity index is 3660. The summed E-state index contributed by atoms with van der Waals surface area (Å²) in [5.41, 5.74) is 15.2. The maximum absolute atomic E-state index is 7.17. The Morgan fingerprint density at radius 2 is 0.968 bits per heavy atom. The summed E-state index contributed by atoms with van der Waals surface area (Å²) in [6.07, 6.45) is 0. The van der Waals surface area contributed by atoms with Crippen molar-refractivity contribution < 1.29 is 4.42 Å². The number of hydrogen-bond acceptors (Lipinski definition) is 2. The van der Waals surface area contributed by atoms with Crippen LogP contribution in [-0.4, -0.2) is 4.57 Å². The largest absolute Gasteiger partial charge is 0.453 e. The zero-order chi connectivity index (χ0) is 40.8. The molecule has 0 N–H and O–H groups in total. The Kier molecular flexibility index (Phi) is 7.52. The first kappa shape index (κ1) is 34.7. The number of para-hydroxylation sites is 3. The van der Waals surface area contributed by atoms with Crippen LogP contribution in [0.5, 0.6) is 0 Å². The average molecular weight is 791 g/mol. The summed E-state index contributed by atoms with van der Waals surface area (Å²) >= 11 is 0. The second-order valence-electron chi connectivity index (χ2n) is 16.4. The third kappa shape index (κ3) is 4.82. The SMILES string of the molecule is c1ccc(-n2c3ccccc3c3ccc(N(c4cccc5c4-c4ccccc4C5(c4ccccc4)c4ccccc4)c4cccc5c4oc4c6ccccc6ccc54)cc32)cc1. The van der Waals surface area contributed by atoms with E-state index in [0.29, 0.717) is 0 Å². The van der Waals surface area contributed by atoms with Gasteiger partial charge in [-0.3, -0.25) is 0 Å². The molecule has 0 spiro atoms. The van der Waals surface area contributed by atoms with E-state index in [9.17, 15) is 0 Å². The summed E-state index contributed by atoms with van der Waals surface area (Å²) in [5, 5.41) is 6.89. The molecular formula is C59H38N2O. The average Bonchev–Trinajstić information content (AvgIpc) is 4.00. The minimum atomic E-state index is -0.551. The molecule has 0 aliphatic heterocycles. The standard InChI is InChI=1S/C59H38N2O/c1-4-19-40(20-5-1)59(41-21-6-2-7-22-41)50-29-14-12-27-49(50)56-51(59)30-17-32-53(56)61(54-33-16-28-47-48-36-34-39-18-10-11-25-44(39)57(48)62-58(47)54)43-35-37-46-45-26-13-15-31-52(45)60(55(46)38-43)42-23-8-3-9-24-42/h1-38H. The van der Waals surface area contributed by atoms with E-state index in [-0.39, 0.29) is 0 Å². The molecule has 0 fully saturated rings. The minimum absolute atomic E-state index is 0.551. The van der Waals surface area contributed by atoms with Gasteiger partial charge in [0.1, 0.15) is 5.58 Å². The lowest BCUT2D eigenvalue weighted by atomic mass is 9.68. The molecule has 0 saturated carbocycles. The third-order valence-corrected chi connectivity index (χ3v) is 13.2. The number of anilines is 3. The summed E-state index contributed by atoms with van der Waals surface area (Å²) in [6, 6.07) is 84.0. The molecule has 2 aromatic heterocycles. The number of furan rings is 1. The van der Waals surface area contributed by atoms with E-state index in [4.69, 9.17) is 4.42 Å². The molecule has 13 rings (SSSR count). The van der Waals surface area contributed by atoms with E-state index in [1.54, 1.807) is 0 Å². The topological polar surface area (TPSA) is 21.3 Å². The van der Waals surface area contributed by atoms with Crippen LogP contribution in [0, 0.1) is 0 Å². The molecule has 0 amide bonds. The van der Waals surface area contributed by atoms with Crippen molar-refractivity contribution in [1.82, 2.24) is 4.57 Å². The lowest BCUT2D eigenvalue weighted by Gasteiger charge is -2.34. The van der Waals surface area contributed by atoms with Gasteiger partial charge in [-0.2, -0.15) is 0 Å². The Labute approximate surface area is 359 Å². The highest BCUT2D eigenvalue weighted by atomic mass is 16.3. The molecular weight excluding hydrogens is 753 g/mol. The molecule has 3 nitrogen and oxygen atoms in total. The molecule has 290 valence electrons. The highest BCUT2D eigenvalue weighted by Crippen LogP contribution is 2.60. The number of fused-ring (bicyclic) bond motifs is 11. The summed E-state index contributed by atoms with van der Waals surface area (Å²) in [6.45, 7) is 0. The van der Waals surface area contributed by atoms with Crippen molar-refractivity contribution in [3.63, 3.8) is 0 Å². The number of aromatic nitrogens is 1. The normalized spacial score (nSPS) is 13.0. The molecule has 0 atom stereocenters. The van der Waals surface area contributed by atoms with E-state index >= 15 is 0 Å². The molecule has 0 bridgehead atoms. The first-order chi connectivity index (χ1) is 30.8. The van der Waals surface area contributed by atoms with Crippen LogP contribution in [0.2, 0.25) is 0 Å². The Hall–Kier alpha value is -8.14. The highest BCUT2D eigenvalue weighted by Gasteiger charge is 2.47. The van der Waals surface area contributed by atoms with Gasteiger partial charge in [-0.15, -0.1) is 0 Å². The van der Waals surface area contributed by atoms with Gasteiger partial charge in [0.05, 0.1) is 27.8 Å². The van der Waals surface area contributed by atoms with Crippen LogP contribution in [0.15, 0.2) is 235 Å². The Morgan fingerprint density at radius 3 is 1.77 bits per heavy atom. The predicted octanol–water partition coefficient (Wildman–Crippen LogP) is 15.7. The quantitative estimate of drug-likeness (QED) is 0.167. The van der Waals surface area contributed by atoms with Crippen LogP contribution < -0.4 is 4.90 Å². The molecule has 1 aliphatic rings. The van der Waals surface area contributed by atoms with Crippen molar-refractivity contribution in [1.29, 1.82) is 0 Å². The van der Waals surface area contributed by atoms with Crippen LogP contribution >= 0.6 is 0 Å². The maximum atomic E-state index is 7.17. The molecule has 62 heavy (non-hydrogen) atoms. The van der Waals surface area contributed by atoms with E-state index in [2.05, 4.69) is 240 Å². The van der Waals surface area contributed by atoms with Crippen LogP contribution in [0.1, 0.15) is 22.3 Å². The first-order valence-electron chi connectivity index (χ1n) is 21.4. The second-order valence-corrected chi connectivity index (χ2v) is 16.4. The van der Waals surface area contributed by atoms with Gasteiger partial charge in [-0.05, 0) is 81.7 Å². The fourth-order valence-corrected chi connectivity index (χ4v) is 10.7. The molecule has 12 aromatic rings. The Balaban J connectivity index is 1.16. The smallest absolute Gasteiger partial charge is 0.159 e.